The molecule has 5 heteroatoms. The van der Waals surface area contributed by atoms with Crippen LogP contribution >= 0.6 is 11.6 Å². The number of fused-ring (bicyclic) bond motifs is 1. The summed E-state index contributed by atoms with van der Waals surface area (Å²) < 4.78 is 0. The summed E-state index contributed by atoms with van der Waals surface area (Å²) in [7, 11) is 0. The summed E-state index contributed by atoms with van der Waals surface area (Å²) in [5.74, 6) is 0.526. The lowest BCUT2D eigenvalue weighted by atomic mass is 9.97. The van der Waals surface area contributed by atoms with Crippen molar-refractivity contribution in [1.29, 1.82) is 0 Å². The molecule has 0 radical (unpaired) electrons. The van der Waals surface area contributed by atoms with Gasteiger partial charge in [-0.15, -0.1) is 0 Å². The molecule has 1 atom stereocenters. The number of rotatable bonds is 3. The van der Waals surface area contributed by atoms with Crippen molar-refractivity contribution in [2.24, 2.45) is 5.92 Å². The highest BCUT2D eigenvalue weighted by Gasteiger charge is 2.21. The lowest BCUT2D eigenvalue weighted by Gasteiger charge is -2.35. The van der Waals surface area contributed by atoms with Crippen LogP contribution in [0.15, 0.2) is 30.5 Å². The molecule has 1 saturated heterocycles. The van der Waals surface area contributed by atoms with E-state index in [0.29, 0.717) is 5.92 Å². The molecule has 2 heterocycles. The number of nitrogens with one attached hydrogen (secondary N) is 1. The third kappa shape index (κ3) is 3.33. The van der Waals surface area contributed by atoms with Gasteiger partial charge in [0.2, 0.25) is 5.91 Å². The van der Waals surface area contributed by atoms with Crippen molar-refractivity contribution in [3.8, 4) is 0 Å². The molecule has 1 aliphatic heterocycles. The first-order valence-corrected chi connectivity index (χ1v) is 8.05. The van der Waals surface area contributed by atoms with E-state index in [4.69, 9.17) is 11.6 Å². The molecule has 1 fully saturated rings. The van der Waals surface area contributed by atoms with Crippen LogP contribution in [0.5, 0.6) is 0 Å². The van der Waals surface area contributed by atoms with E-state index in [1.165, 1.54) is 5.69 Å². The van der Waals surface area contributed by atoms with E-state index in [2.05, 4.69) is 21.3 Å². The third-order valence-electron chi connectivity index (χ3n) is 4.18. The van der Waals surface area contributed by atoms with Gasteiger partial charge in [0.15, 0.2) is 0 Å². The highest BCUT2D eigenvalue weighted by Crippen LogP contribution is 2.30. The molecule has 1 aromatic heterocycles. The van der Waals surface area contributed by atoms with Gasteiger partial charge in [-0.1, -0.05) is 11.6 Å². The molecule has 1 amide bonds. The van der Waals surface area contributed by atoms with Crippen molar-refractivity contribution in [3.05, 3.63) is 35.5 Å². The maximum atomic E-state index is 11.1. The first-order valence-electron chi connectivity index (χ1n) is 7.67. The second kappa shape index (κ2) is 6.53. The highest BCUT2D eigenvalue weighted by atomic mass is 35.5. The SMILES string of the molecule is CC(=O)NC[C@H]1CCCN(c2ccnc3ccc(Cl)cc23)C1. The summed E-state index contributed by atoms with van der Waals surface area (Å²) in [6.07, 6.45) is 4.14. The first kappa shape index (κ1) is 15.1. The molecular weight excluding hydrogens is 298 g/mol. The Hall–Kier alpha value is -1.81. The predicted octanol–water partition coefficient (Wildman–Crippen LogP) is 3.24. The Morgan fingerprint density at radius 1 is 1.45 bits per heavy atom. The lowest BCUT2D eigenvalue weighted by molar-refractivity contribution is -0.119. The third-order valence-corrected chi connectivity index (χ3v) is 4.42. The molecule has 0 bridgehead atoms. The van der Waals surface area contributed by atoms with E-state index in [1.54, 1.807) is 6.92 Å². The Morgan fingerprint density at radius 2 is 2.32 bits per heavy atom. The number of benzene rings is 1. The van der Waals surface area contributed by atoms with Gasteiger partial charge in [0.25, 0.3) is 0 Å². The molecule has 4 nitrogen and oxygen atoms in total. The maximum absolute atomic E-state index is 11.1. The number of hydrogen-bond donors (Lipinski definition) is 1. The number of nitrogens with zero attached hydrogens (tertiary/aromatic N) is 2. The largest absolute Gasteiger partial charge is 0.371 e. The normalized spacial score (nSPS) is 18.5. The van der Waals surface area contributed by atoms with Crippen molar-refractivity contribution in [2.45, 2.75) is 19.8 Å². The van der Waals surface area contributed by atoms with E-state index in [1.807, 2.05) is 24.4 Å². The van der Waals surface area contributed by atoms with E-state index in [9.17, 15) is 4.79 Å². The number of halogens is 1. The summed E-state index contributed by atoms with van der Waals surface area (Å²) in [4.78, 5) is 17.9. The standard InChI is InChI=1S/C17H20ClN3O/c1-12(22)20-10-13-3-2-8-21(11-13)17-6-7-19-16-5-4-14(18)9-15(16)17/h4-7,9,13H,2-3,8,10-11H2,1H3,(H,20,22)/t13-/m1/s1. The summed E-state index contributed by atoms with van der Waals surface area (Å²) in [5.41, 5.74) is 2.14. The number of pyridine rings is 1. The number of carbonyl (C=O) groups is 1. The zero-order valence-corrected chi connectivity index (χ0v) is 13.4. The van der Waals surface area contributed by atoms with Crippen LogP contribution in [0.25, 0.3) is 10.9 Å². The molecule has 0 saturated carbocycles. The minimum Gasteiger partial charge on any atom is -0.371 e. The number of hydrogen-bond acceptors (Lipinski definition) is 3. The van der Waals surface area contributed by atoms with Crippen molar-refractivity contribution in [2.75, 3.05) is 24.5 Å². The van der Waals surface area contributed by atoms with Gasteiger partial charge in [0.05, 0.1) is 5.52 Å². The zero-order valence-electron chi connectivity index (χ0n) is 12.7. The molecule has 22 heavy (non-hydrogen) atoms. The van der Waals surface area contributed by atoms with Crippen molar-refractivity contribution in [3.63, 3.8) is 0 Å². The van der Waals surface area contributed by atoms with Crippen molar-refractivity contribution < 1.29 is 4.79 Å². The summed E-state index contributed by atoms with van der Waals surface area (Å²) >= 11 is 6.15. The maximum Gasteiger partial charge on any atom is 0.216 e. The molecule has 3 rings (SSSR count). The fraction of sp³-hybridized carbons (Fsp3) is 0.412. The molecule has 0 aliphatic carbocycles. The Morgan fingerprint density at radius 3 is 3.14 bits per heavy atom. The molecule has 1 aliphatic rings. The second-order valence-corrected chi connectivity index (χ2v) is 6.32. The van der Waals surface area contributed by atoms with Gasteiger partial charge in [-0.3, -0.25) is 9.78 Å². The lowest BCUT2D eigenvalue weighted by Crippen LogP contribution is -2.40. The average Bonchev–Trinajstić information content (AvgIpc) is 2.52. The Labute approximate surface area is 135 Å². The number of aromatic nitrogens is 1. The van der Waals surface area contributed by atoms with Crippen LogP contribution in [-0.4, -0.2) is 30.5 Å². The molecular formula is C17H20ClN3O. The zero-order chi connectivity index (χ0) is 15.5. The van der Waals surface area contributed by atoms with Crippen LogP contribution in [0.2, 0.25) is 5.02 Å². The molecule has 0 unspecified atom stereocenters. The predicted molar refractivity (Wildman–Crippen MR) is 90.4 cm³/mol. The Kier molecular flexibility index (Phi) is 4.48. The monoisotopic (exact) mass is 317 g/mol. The Balaban J connectivity index is 1.84. The number of anilines is 1. The first-order chi connectivity index (χ1) is 10.6. The Bertz CT molecular complexity index is 689. The van der Waals surface area contributed by atoms with Gasteiger partial charge >= 0.3 is 0 Å². The summed E-state index contributed by atoms with van der Waals surface area (Å²) in [6.45, 7) is 4.29. The van der Waals surface area contributed by atoms with Gasteiger partial charge < -0.3 is 10.2 Å². The van der Waals surface area contributed by atoms with Gasteiger partial charge in [0.1, 0.15) is 0 Å². The smallest absolute Gasteiger partial charge is 0.216 e. The molecule has 2 aromatic rings. The quantitative estimate of drug-likeness (QED) is 0.945. The van der Waals surface area contributed by atoms with Gasteiger partial charge in [0, 0.05) is 48.9 Å². The second-order valence-electron chi connectivity index (χ2n) is 5.88. The topological polar surface area (TPSA) is 45.2 Å². The molecule has 0 spiro atoms. The molecule has 116 valence electrons. The van der Waals surface area contributed by atoms with Crippen LogP contribution in [0.4, 0.5) is 5.69 Å². The number of carbonyl (C=O) groups excluding carboxylic acids is 1. The molecule has 1 N–H and O–H groups in total. The van der Waals surface area contributed by atoms with Gasteiger partial charge in [-0.2, -0.15) is 0 Å². The average molecular weight is 318 g/mol. The number of piperidine rings is 1. The van der Waals surface area contributed by atoms with E-state index in [0.717, 1.165) is 48.4 Å². The van der Waals surface area contributed by atoms with Crippen LogP contribution in [0.3, 0.4) is 0 Å². The fourth-order valence-corrected chi connectivity index (χ4v) is 3.29. The van der Waals surface area contributed by atoms with Crippen LogP contribution in [0, 0.1) is 5.92 Å². The number of amides is 1. The summed E-state index contributed by atoms with van der Waals surface area (Å²) in [5, 5.41) is 4.76. The van der Waals surface area contributed by atoms with Gasteiger partial charge in [-0.25, -0.2) is 0 Å². The van der Waals surface area contributed by atoms with E-state index >= 15 is 0 Å². The van der Waals surface area contributed by atoms with E-state index in [-0.39, 0.29) is 5.91 Å². The fourth-order valence-electron chi connectivity index (χ4n) is 3.12. The highest BCUT2D eigenvalue weighted by molar-refractivity contribution is 6.31. The minimum absolute atomic E-state index is 0.0401. The van der Waals surface area contributed by atoms with Crippen molar-refractivity contribution in [1.82, 2.24) is 10.3 Å². The summed E-state index contributed by atoms with van der Waals surface area (Å²) in [6, 6.07) is 7.87. The van der Waals surface area contributed by atoms with Crippen LogP contribution < -0.4 is 10.2 Å². The van der Waals surface area contributed by atoms with E-state index < -0.39 is 0 Å². The minimum atomic E-state index is 0.0401. The van der Waals surface area contributed by atoms with Crippen LogP contribution in [-0.2, 0) is 4.79 Å². The van der Waals surface area contributed by atoms with Crippen molar-refractivity contribution >= 4 is 34.1 Å². The van der Waals surface area contributed by atoms with Gasteiger partial charge in [-0.05, 0) is 43.0 Å². The van der Waals surface area contributed by atoms with Crippen LogP contribution in [0.1, 0.15) is 19.8 Å². The molecule has 1 aromatic carbocycles.